The Balaban J connectivity index is 3.97. The summed E-state index contributed by atoms with van der Waals surface area (Å²) in [5, 5.41) is 3.10. The first-order valence-corrected chi connectivity index (χ1v) is 4.68. The summed E-state index contributed by atoms with van der Waals surface area (Å²) in [6.45, 7) is 10.5. The fourth-order valence-electron chi connectivity index (χ4n) is 1.04. The molecule has 13 heavy (non-hydrogen) atoms. The summed E-state index contributed by atoms with van der Waals surface area (Å²) >= 11 is 0. The fourth-order valence-corrected chi connectivity index (χ4v) is 1.04. The van der Waals surface area contributed by atoms with Gasteiger partial charge in [-0.3, -0.25) is 4.79 Å². The number of primary amides is 1. The zero-order valence-corrected chi connectivity index (χ0v) is 8.76. The standard InChI is InChI=1S/C10H20N2O/c1-5-8(4)6-12-9(7(2)3)10(11)13/h7,9,12H,4-6H2,1-3H3,(H2,11,13). The lowest BCUT2D eigenvalue weighted by atomic mass is 10.0. The molecule has 1 unspecified atom stereocenters. The molecule has 0 rings (SSSR count). The van der Waals surface area contributed by atoms with Crippen LogP contribution in [0.1, 0.15) is 27.2 Å². The molecule has 0 radical (unpaired) electrons. The third-order valence-electron chi connectivity index (χ3n) is 2.05. The molecule has 0 aromatic carbocycles. The Hall–Kier alpha value is -0.830. The molecule has 1 amide bonds. The van der Waals surface area contributed by atoms with E-state index in [1.54, 1.807) is 0 Å². The molecule has 3 N–H and O–H groups in total. The van der Waals surface area contributed by atoms with Crippen LogP contribution in [0.4, 0.5) is 0 Å². The van der Waals surface area contributed by atoms with Gasteiger partial charge in [0.1, 0.15) is 0 Å². The maximum Gasteiger partial charge on any atom is 0.234 e. The quantitative estimate of drug-likeness (QED) is 0.606. The number of nitrogens with one attached hydrogen (secondary N) is 1. The van der Waals surface area contributed by atoms with Crippen LogP contribution in [0.3, 0.4) is 0 Å². The second kappa shape index (κ2) is 5.75. The van der Waals surface area contributed by atoms with Crippen LogP contribution in [-0.4, -0.2) is 18.5 Å². The van der Waals surface area contributed by atoms with Gasteiger partial charge < -0.3 is 11.1 Å². The van der Waals surface area contributed by atoms with Crippen molar-refractivity contribution in [2.24, 2.45) is 11.7 Å². The molecule has 3 heteroatoms. The summed E-state index contributed by atoms with van der Waals surface area (Å²) in [5.41, 5.74) is 6.32. The number of amides is 1. The van der Waals surface area contributed by atoms with Crippen LogP contribution in [0, 0.1) is 5.92 Å². The molecular formula is C10H20N2O. The molecule has 0 heterocycles. The number of rotatable bonds is 6. The Labute approximate surface area is 80.4 Å². The molecule has 3 nitrogen and oxygen atoms in total. The molecule has 0 saturated heterocycles. The third-order valence-corrected chi connectivity index (χ3v) is 2.05. The van der Waals surface area contributed by atoms with Gasteiger partial charge in [0, 0.05) is 6.54 Å². The first-order valence-electron chi connectivity index (χ1n) is 4.68. The monoisotopic (exact) mass is 184 g/mol. The van der Waals surface area contributed by atoms with Gasteiger partial charge in [-0.05, 0) is 12.3 Å². The van der Waals surface area contributed by atoms with Crippen LogP contribution >= 0.6 is 0 Å². The summed E-state index contributed by atoms with van der Waals surface area (Å²) in [6, 6.07) is -0.247. The van der Waals surface area contributed by atoms with Gasteiger partial charge in [0.05, 0.1) is 6.04 Å². The molecule has 0 aliphatic carbocycles. The van der Waals surface area contributed by atoms with E-state index in [0.717, 1.165) is 12.0 Å². The van der Waals surface area contributed by atoms with E-state index >= 15 is 0 Å². The van der Waals surface area contributed by atoms with E-state index in [9.17, 15) is 4.79 Å². The maximum absolute atomic E-state index is 11.0. The van der Waals surface area contributed by atoms with Gasteiger partial charge in [0.15, 0.2) is 0 Å². The molecule has 76 valence electrons. The van der Waals surface area contributed by atoms with Gasteiger partial charge in [-0.1, -0.05) is 32.9 Å². The Morgan fingerprint density at radius 3 is 2.38 bits per heavy atom. The first-order chi connectivity index (χ1) is 5.99. The van der Waals surface area contributed by atoms with Crippen molar-refractivity contribution in [1.29, 1.82) is 0 Å². The van der Waals surface area contributed by atoms with E-state index < -0.39 is 0 Å². The van der Waals surface area contributed by atoms with Crippen LogP contribution in [-0.2, 0) is 4.79 Å². The fraction of sp³-hybridized carbons (Fsp3) is 0.700. The summed E-state index contributed by atoms with van der Waals surface area (Å²) in [5.74, 6) is -0.0685. The van der Waals surface area contributed by atoms with E-state index in [2.05, 4.69) is 11.9 Å². The minimum atomic E-state index is -0.293. The van der Waals surface area contributed by atoms with Gasteiger partial charge >= 0.3 is 0 Å². The minimum absolute atomic E-state index is 0.224. The molecule has 0 aliphatic rings. The number of hydrogen-bond donors (Lipinski definition) is 2. The smallest absolute Gasteiger partial charge is 0.234 e. The highest BCUT2D eigenvalue weighted by Crippen LogP contribution is 2.02. The molecular weight excluding hydrogens is 164 g/mol. The third kappa shape index (κ3) is 4.68. The molecule has 0 spiro atoms. The van der Waals surface area contributed by atoms with Crippen molar-refractivity contribution in [3.05, 3.63) is 12.2 Å². The number of hydrogen-bond acceptors (Lipinski definition) is 2. The van der Waals surface area contributed by atoms with E-state index in [4.69, 9.17) is 5.73 Å². The SMILES string of the molecule is C=C(CC)CNC(C(N)=O)C(C)C. The first kappa shape index (κ1) is 12.2. The van der Waals surface area contributed by atoms with Gasteiger partial charge in [-0.25, -0.2) is 0 Å². The minimum Gasteiger partial charge on any atom is -0.368 e. The lowest BCUT2D eigenvalue weighted by Gasteiger charge is -2.19. The van der Waals surface area contributed by atoms with Crippen molar-refractivity contribution in [2.75, 3.05) is 6.54 Å². The average Bonchev–Trinajstić information content (AvgIpc) is 2.03. The van der Waals surface area contributed by atoms with Crippen LogP contribution in [0.25, 0.3) is 0 Å². The van der Waals surface area contributed by atoms with Crippen LogP contribution in [0.15, 0.2) is 12.2 Å². The van der Waals surface area contributed by atoms with E-state index in [-0.39, 0.29) is 17.9 Å². The highest BCUT2D eigenvalue weighted by atomic mass is 16.1. The summed E-state index contributed by atoms with van der Waals surface area (Å²) in [6.07, 6.45) is 0.927. The summed E-state index contributed by atoms with van der Waals surface area (Å²) < 4.78 is 0. The lowest BCUT2D eigenvalue weighted by molar-refractivity contribution is -0.120. The van der Waals surface area contributed by atoms with Crippen LogP contribution in [0.5, 0.6) is 0 Å². The van der Waals surface area contributed by atoms with Gasteiger partial charge in [-0.15, -0.1) is 0 Å². The van der Waals surface area contributed by atoms with Crippen molar-refractivity contribution in [2.45, 2.75) is 33.2 Å². The highest BCUT2D eigenvalue weighted by molar-refractivity contribution is 5.80. The topological polar surface area (TPSA) is 55.1 Å². The van der Waals surface area contributed by atoms with Crippen molar-refractivity contribution < 1.29 is 4.79 Å². The average molecular weight is 184 g/mol. The van der Waals surface area contributed by atoms with Crippen molar-refractivity contribution in [1.82, 2.24) is 5.32 Å². The molecule has 0 aliphatic heterocycles. The molecule has 0 aromatic heterocycles. The van der Waals surface area contributed by atoms with E-state index in [1.807, 2.05) is 20.8 Å². The summed E-state index contributed by atoms with van der Waals surface area (Å²) in [7, 11) is 0. The Kier molecular flexibility index (Phi) is 5.39. The Morgan fingerprint density at radius 1 is 1.54 bits per heavy atom. The largest absolute Gasteiger partial charge is 0.368 e. The van der Waals surface area contributed by atoms with Gasteiger partial charge in [0.2, 0.25) is 5.91 Å². The van der Waals surface area contributed by atoms with Gasteiger partial charge in [-0.2, -0.15) is 0 Å². The van der Waals surface area contributed by atoms with E-state index in [0.29, 0.717) is 6.54 Å². The van der Waals surface area contributed by atoms with Crippen LogP contribution in [0.2, 0.25) is 0 Å². The molecule has 0 aromatic rings. The second-order valence-corrected chi connectivity index (χ2v) is 3.61. The number of nitrogens with two attached hydrogens (primary N) is 1. The maximum atomic E-state index is 11.0. The molecule has 0 bridgehead atoms. The zero-order valence-electron chi connectivity index (χ0n) is 8.76. The van der Waals surface area contributed by atoms with Gasteiger partial charge in [0.25, 0.3) is 0 Å². The normalized spacial score (nSPS) is 12.9. The molecule has 0 saturated carbocycles. The molecule has 0 fully saturated rings. The highest BCUT2D eigenvalue weighted by Gasteiger charge is 2.18. The van der Waals surface area contributed by atoms with Crippen molar-refractivity contribution in [3.63, 3.8) is 0 Å². The van der Waals surface area contributed by atoms with E-state index in [1.165, 1.54) is 0 Å². The predicted molar refractivity (Wildman–Crippen MR) is 55.3 cm³/mol. The molecule has 1 atom stereocenters. The second-order valence-electron chi connectivity index (χ2n) is 3.61. The van der Waals surface area contributed by atoms with Crippen molar-refractivity contribution >= 4 is 5.91 Å². The summed E-state index contributed by atoms with van der Waals surface area (Å²) in [4.78, 5) is 11.0. The Morgan fingerprint density at radius 2 is 2.08 bits per heavy atom. The van der Waals surface area contributed by atoms with Crippen LogP contribution < -0.4 is 11.1 Å². The predicted octanol–water partition coefficient (Wildman–Crippen LogP) is 1.05. The van der Waals surface area contributed by atoms with Crippen molar-refractivity contribution in [3.8, 4) is 0 Å². The lowest BCUT2D eigenvalue weighted by Crippen LogP contribution is -2.45. The zero-order chi connectivity index (χ0) is 10.4. The number of carbonyl (C=O) groups excluding carboxylic acids is 1. The number of carbonyl (C=O) groups is 1. The Bertz CT molecular complexity index is 187.